The van der Waals surface area contributed by atoms with Gasteiger partial charge in [0.05, 0.1) is 0 Å². The van der Waals surface area contributed by atoms with Crippen molar-refractivity contribution in [2.45, 2.75) is 24.4 Å². The second-order valence-corrected chi connectivity index (χ2v) is 9.44. The van der Waals surface area contributed by atoms with Gasteiger partial charge in [-0.15, -0.1) is 0 Å². The molecule has 0 aliphatic heterocycles. The van der Waals surface area contributed by atoms with E-state index in [1.807, 2.05) is 48.5 Å². The lowest BCUT2D eigenvalue weighted by molar-refractivity contribution is 0.0672. The lowest BCUT2D eigenvalue weighted by Gasteiger charge is -2.37. The summed E-state index contributed by atoms with van der Waals surface area (Å²) in [5.41, 5.74) is 2.46. The average molecular weight is 537 g/mol. The lowest BCUT2D eigenvalue weighted by atomic mass is 9.72. The molecule has 1 N–H and O–H groups in total. The van der Waals surface area contributed by atoms with Crippen molar-refractivity contribution in [2.75, 3.05) is 0 Å². The predicted molar refractivity (Wildman–Crippen MR) is 124 cm³/mol. The van der Waals surface area contributed by atoms with Gasteiger partial charge < -0.3 is 5.11 Å². The number of benzene rings is 3. The molecule has 4 rings (SSSR count). The van der Waals surface area contributed by atoms with E-state index in [0.29, 0.717) is 21.5 Å². The van der Waals surface area contributed by atoms with E-state index in [0.717, 1.165) is 27.6 Å². The van der Waals surface area contributed by atoms with Gasteiger partial charge >= 0.3 is 0 Å². The molecule has 148 valence electrons. The van der Waals surface area contributed by atoms with Crippen LogP contribution in [0.5, 0.6) is 0 Å². The Bertz CT molecular complexity index is 1100. The van der Waals surface area contributed by atoms with E-state index in [9.17, 15) is 9.50 Å². The van der Waals surface area contributed by atoms with E-state index in [4.69, 9.17) is 11.6 Å². The summed E-state index contributed by atoms with van der Waals surface area (Å²) < 4.78 is 15.3. The molecule has 0 fully saturated rings. The highest BCUT2D eigenvalue weighted by molar-refractivity contribution is 9.10. The maximum absolute atomic E-state index is 13.7. The summed E-state index contributed by atoms with van der Waals surface area (Å²) >= 11 is 13.6. The Labute approximate surface area is 191 Å². The highest BCUT2D eigenvalue weighted by Gasteiger charge is 2.38. The molecule has 0 amide bonds. The highest BCUT2D eigenvalue weighted by atomic mass is 79.9. The number of rotatable bonds is 3. The Morgan fingerprint density at radius 2 is 1.69 bits per heavy atom. The summed E-state index contributed by atoms with van der Waals surface area (Å²) in [4.78, 5) is 0. The van der Waals surface area contributed by atoms with Gasteiger partial charge in [-0.2, -0.15) is 0 Å². The Hall–Kier alpha value is -1.46. The van der Waals surface area contributed by atoms with Crippen LogP contribution >= 0.6 is 43.5 Å². The maximum atomic E-state index is 13.7. The summed E-state index contributed by atoms with van der Waals surface area (Å²) in [5.74, 6) is -0.308. The zero-order valence-electron chi connectivity index (χ0n) is 15.4. The standard InChI is InChI=1S/C24H18Br2ClFO/c25-21-7-3-1-5-18(21)15-11-16(19-10-9-17(28)12-22(19)26)14-24(29,13-15)20-6-2-4-8-23(20)27/h1-10,12-13,16,29H,11,14H2. The van der Waals surface area contributed by atoms with Crippen molar-refractivity contribution < 1.29 is 9.50 Å². The summed E-state index contributed by atoms with van der Waals surface area (Å²) in [6, 6.07) is 20.1. The molecular formula is C24H18Br2ClFO. The molecule has 2 unspecified atom stereocenters. The fourth-order valence-electron chi connectivity index (χ4n) is 4.08. The fraction of sp³-hybridized carbons (Fsp3) is 0.167. The minimum absolute atomic E-state index is 0.0154. The normalized spacial score (nSPS) is 21.7. The molecule has 0 spiro atoms. The SMILES string of the molecule is OC1(c2ccccc2Cl)C=C(c2ccccc2Br)CC(c2ccc(F)cc2Br)C1. The van der Waals surface area contributed by atoms with Gasteiger partial charge in [-0.3, -0.25) is 0 Å². The monoisotopic (exact) mass is 534 g/mol. The average Bonchev–Trinajstić information content (AvgIpc) is 2.68. The van der Waals surface area contributed by atoms with E-state index in [1.165, 1.54) is 12.1 Å². The second kappa shape index (κ2) is 8.35. The van der Waals surface area contributed by atoms with Gasteiger partial charge in [0.1, 0.15) is 11.4 Å². The third-order valence-corrected chi connectivity index (χ3v) is 7.11. The molecule has 3 aromatic rings. The smallest absolute Gasteiger partial charge is 0.124 e. The van der Waals surface area contributed by atoms with E-state index in [1.54, 1.807) is 12.1 Å². The van der Waals surface area contributed by atoms with Crippen molar-refractivity contribution in [1.82, 2.24) is 0 Å². The lowest BCUT2D eigenvalue weighted by Crippen LogP contribution is -2.30. The fourth-order valence-corrected chi connectivity index (χ4v) is 5.59. The van der Waals surface area contributed by atoms with Crippen LogP contribution in [0, 0.1) is 5.82 Å². The number of aliphatic hydroxyl groups is 1. The molecule has 0 saturated heterocycles. The molecule has 3 aromatic carbocycles. The van der Waals surface area contributed by atoms with E-state index >= 15 is 0 Å². The molecule has 1 nitrogen and oxygen atoms in total. The Balaban J connectivity index is 1.87. The first-order chi connectivity index (χ1) is 13.9. The van der Waals surface area contributed by atoms with Gasteiger partial charge in [0.2, 0.25) is 0 Å². The first-order valence-electron chi connectivity index (χ1n) is 9.26. The quantitative estimate of drug-likeness (QED) is 0.361. The van der Waals surface area contributed by atoms with Crippen LogP contribution < -0.4 is 0 Å². The van der Waals surface area contributed by atoms with E-state index < -0.39 is 5.60 Å². The molecule has 0 saturated carbocycles. The van der Waals surface area contributed by atoms with E-state index in [-0.39, 0.29) is 11.7 Å². The summed E-state index contributed by atoms with van der Waals surface area (Å²) in [7, 11) is 0. The van der Waals surface area contributed by atoms with Crippen LogP contribution in [0.3, 0.4) is 0 Å². The van der Waals surface area contributed by atoms with Crippen molar-refractivity contribution in [3.8, 4) is 0 Å². The van der Waals surface area contributed by atoms with Gasteiger partial charge in [0.15, 0.2) is 0 Å². The van der Waals surface area contributed by atoms with Gasteiger partial charge in [-0.05, 0) is 65.8 Å². The van der Waals surface area contributed by atoms with Crippen LogP contribution in [-0.4, -0.2) is 5.11 Å². The number of hydrogen-bond acceptors (Lipinski definition) is 1. The third kappa shape index (κ3) is 4.22. The topological polar surface area (TPSA) is 20.2 Å². The van der Waals surface area contributed by atoms with Gasteiger partial charge in [-0.25, -0.2) is 4.39 Å². The summed E-state index contributed by atoms with van der Waals surface area (Å²) in [6.07, 6.45) is 3.09. The molecule has 29 heavy (non-hydrogen) atoms. The zero-order valence-corrected chi connectivity index (χ0v) is 19.3. The predicted octanol–water partition coefficient (Wildman–Crippen LogP) is 7.85. The highest BCUT2D eigenvalue weighted by Crippen LogP contribution is 2.49. The van der Waals surface area contributed by atoms with Gasteiger partial charge in [0.25, 0.3) is 0 Å². The van der Waals surface area contributed by atoms with Crippen LogP contribution in [0.1, 0.15) is 35.4 Å². The first-order valence-corrected chi connectivity index (χ1v) is 11.2. The molecule has 0 aromatic heterocycles. The molecule has 0 bridgehead atoms. The van der Waals surface area contributed by atoms with Crippen molar-refractivity contribution in [3.05, 3.63) is 109 Å². The second-order valence-electron chi connectivity index (χ2n) is 7.32. The van der Waals surface area contributed by atoms with Crippen molar-refractivity contribution in [3.63, 3.8) is 0 Å². The molecular weight excluding hydrogens is 519 g/mol. The molecule has 1 aliphatic carbocycles. The number of halogens is 4. The van der Waals surface area contributed by atoms with Gasteiger partial charge in [0, 0.05) is 19.5 Å². The Morgan fingerprint density at radius 1 is 0.966 bits per heavy atom. The van der Waals surface area contributed by atoms with Crippen molar-refractivity contribution in [2.24, 2.45) is 0 Å². The largest absolute Gasteiger partial charge is 0.381 e. The van der Waals surface area contributed by atoms with Crippen LogP contribution in [0.15, 0.2) is 81.8 Å². The van der Waals surface area contributed by atoms with E-state index in [2.05, 4.69) is 31.9 Å². The Morgan fingerprint density at radius 3 is 2.41 bits per heavy atom. The molecule has 1 aliphatic rings. The maximum Gasteiger partial charge on any atom is 0.124 e. The molecule has 2 atom stereocenters. The summed E-state index contributed by atoms with van der Waals surface area (Å²) in [6.45, 7) is 0. The number of hydrogen-bond donors (Lipinski definition) is 1. The van der Waals surface area contributed by atoms with Crippen molar-refractivity contribution >= 4 is 49.0 Å². The minimum Gasteiger partial charge on any atom is -0.381 e. The van der Waals surface area contributed by atoms with Crippen LogP contribution in [0.25, 0.3) is 5.57 Å². The third-order valence-electron chi connectivity index (χ3n) is 5.40. The Kier molecular flexibility index (Phi) is 5.99. The van der Waals surface area contributed by atoms with Crippen LogP contribution in [0.2, 0.25) is 5.02 Å². The van der Waals surface area contributed by atoms with Crippen LogP contribution in [0.4, 0.5) is 4.39 Å². The number of allylic oxidation sites excluding steroid dienone is 1. The summed E-state index contributed by atoms with van der Waals surface area (Å²) in [5, 5.41) is 12.3. The van der Waals surface area contributed by atoms with Gasteiger partial charge in [-0.1, -0.05) is 85.9 Å². The molecule has 0 radical (unpaired) electrons. The van der Waals surface area contributed by atoms with Crippen molar-refractivity contribution in [1.29, 1.82) is 0 Å². The van der Waals surface area contributed by atoms with Crippen LogP contribution in [-0.2, 0) is 5.60 Å². The minimum atomic E-state index is -1.24. The first kappa shape index (κ1) is 20.8. The zero-order chi connectivity index (χ0) is 20.6. The molecule has 5 heteroatoms. The molecule has 0 heterocycles.